The van der Waals surface area contributed by atoms with Crippen molar-refractivity contribution in [2.24, 2.45) is 0 Å². The van der Waals surface area contributed by atoms with E-state index in [-0.39, 0.29) is 5.56 Å². The number of anilines is 1. The maximum Gasteiger partial charge on any atom is 0.277 e. The molecule has 0 radical (unpaired) electrons. The van der Waals surface area contributed by atoms with Gasteiger partial charge in [0.2, 0.25) is 0 Å². The van der Waals surface area contributed by atoms with Gasteiger partial charge < -0.3 is 5.32 Å². The highest BCUT2D eigenvalue weighted by Crippen LogP contribution is 2.20. The molecule has 3 rings (SSSR count). The molecular formula is C16H14ClN5O2. The molecule has 24 heavy (non-hydrogen) atoms. The third-order valence-electron chi connectivity index (χ3n) is 3.64. The molecule has 2 N–H and O–H groups in total. The van der Waals surface area contributed by atoms with Gasteiger partial charge in [0.05, 0.1) is 34.5 Å². The minimum absolute atomic E-state index is 0.0352. The minimum Gasteiger partial charge on any atom is -0.319 e. The largest absolute Gasteiger partial charge is 0.319 e. The summed E-state index contributed by atoms with van der Waals surface area (Å²) in [6.45, 7) is 3.40. The summed E-state index contributed by atoms with van der Waals surface area (Å²) >= 11 is 6.13. The third-order valence-corrected chi connectivity index (χ3v) is 3.96. The Bertz CT molecular complexity index is 977. The number of nitrogens with one attached hydrogen (secondary N) is 2. The normalized spacial score (nSPS) is 10.6. The number of aromatic amines is 1. The number of H-pyrrole nitrogens is 1. The average molecular weight is 344 g/mol. The van der Waals surface area contributed by atoms with Gasteiger partial charge in [0.15, 0.2) is 0 Å². The van der Waals surface area contributed by atoms with Crippen molar-refractivity contribution in [2.75, 3.05) is 5.32 Å². The van der Waals surface area contributed by atoms with Gasteiger partial charge in [0.1, 0.15) is 5.56 Å². The zero-order chi connectivity index (χ0) is 17.3. The number of nitrogens with zero attached hydrogens (tertiary/aromatic N) is 3. The van der Waals surface area contributed by atoms with Crippen LogP contribution in [-0.4, -0.2) is 25.9 Å². The Kier molecular flexibility index (Phi) is 4.18. The van der Waals surface area contributed by atoms with Crippen molar-refractivity contribution in [3.63, 3.8) is 0 Å². The van der Waals surface area contributed by atoms with Crippen LogP contribution < -0.4 is 10.9 Å². The molecule has 0 bridgehead atoms. The van der Waals surface area contributed by atoms with Crippen LogP contribution in [0.3, 0.4) is 0 Å². The molecule has 0 unspecified atom stereocenters. The van der Waals surface area contributed by atoms with Crippen molar-refractivity contribution >= 4 is 23.2 Å². The van der Waals surface area contributed by atoms with E-state index in [1.807, 2.05) is 18.2 Å². The van der Waals surface area contributed by atoms with E-state index in [1.54, 1.807) is 30.8 Å². The van der Waals surface area contributed by atoms with E-state index in [4.69, 9.17) is 11.6 Å². The molecule has 2 heterocycles. The average Bonchev–Trinajstić information content (AvgIpc) is 3.00. The first kappa shape index (κ1) is 15.9. The number of carbonyl (C=O) groups is 1. The van der Waals surface area contributed by atoms with Crippen molar-refractivity contribution in [1.29, 1.82) is 0 Å². The predicted molar refractivity (Wildman–Crippen MR) is 90.9 cm³/mol. The first-order valence-corrected chi connectivity index (χ1v) is 7.52. The van der Waals surface area contributed by atoms with Gasteiger partial charge in [0.25, 0.3) is 11.5 Å². The molecule has 0 saturated carbocycles. The monoisotopic (exact) mass is 343 g/mol. The van der Waals surface area contributed by atoms with Crippen LogP contribution in [0.1, 0.15) is 21.6 Å². The molecular weight excluding hydrogens is 330 g/mol. The highest BCUT2D eigenvalue weighted by molar-refractivity contribution is 6.32. The second kappa shape index (κ2) is 6.29. The molecule has 0 atom stereocenters. The van der Waals surface area contributed by atoms with Crippen molar-refractivity contribution in [1.82, 2.24) is 20.0 Å². The number of benzene rings is 1. The Morgan fingerprint density at radius 1 is 1.29 bits per heavy atom. The van der Waals surface area contributed by atoms with Crippen LogP contribution in [0.5, 0.6) is 0 Å². The molecule has 1 aromatic carbocycles. The van der Waals surface area contributed by atoms with Crippen LogP contribution in [0.25, 0.3) is 5.69 Å². The van der Waals surface area contributed by atoms with Crippen molar-refractivity contribution < 1.29 is 4.79 Å². The molecule has 0 aliphatic carbocycles. The molecule has 0 fully saturated rings. The quantitative estimate of drug-likeness (QED) is 0.764. The van der Waals surface area contributed by atoms with Crippen LogP contribution in [0, 0.1) is 13.8 Å². The Hall–Kier alpha value is -2.93. The Balaban J connectivity index is 1.88. The van der Waals surface area contributed by atoms with E-state index in [9.17, 15) is 9.59 Å². The van der Waals surface area contributed by atoms with E-state index in [2.05, 4.69) is 20.6 Å². The number of rotatable bonds is 3. The smallest absolute Gasteiger partial charge is 0.277 e. The summed E-state index contributed by atoms with van der Waals surface area (Å²) in [5, 5.41) is 13.5. The number of hydrogen-bond acceptors (Lipinski definition) is 4. The first-order valence-electron chi connectivity index (χ1n) is 7.14. The molecule has 122 valence electrons. The van der Waals surface area contributed by atoms with Crippen molar-refractivity contribution in [2.45, 2.75) is 13.8 Å². The van der Waals surface area contributed by atoms with Crippen molar-refractivity contribution in [3.05, 3.63) is 68.9 Å². The molecule has 0 aliphatic rings. The number of halogens is 1. The molecule has 0 spiro atoms. The van der Waals surface area contributed by atoms with Gasteiger partial charge in [-0.15, -0.1) is 0 Å². The fraction of sp³-hybridized carbons (Fsp3) is 0.125. The molecule has 0 saturated heterocycles. The zero-order valence-electron chi connectivity index (χ0n) is 13.0. The molecule has 7 nitrogen and oxygen atoms in total. The topological polar surface area (TPSA) is 92.7 Å². The standard InChI is InChI=1S/C16H14ClN5O2/c1-9-10(2)20-21-16(24)14(9)15(23)19-11-7-18-22(8-11)13-6-4-3-5-12(13)17/h3-8H,1-2H3,(H,19,23)(H,21,24). The van der Waals surface area contributed by atoms with Gasteiger partial charge in [0, 0.05) is 0 Å². The second-order valence-electron chi connectivity index (χ2n) is 5.22. The molecule has 8 heteroatoms. The van der Waals surface area contributed by atoms with E-state index in [1.165, 1.54) is 6.20 Å². The van der Waals surface area contributed by atoms with Gasteiger partial charge in [-0.3, -0.25) is 9.59 Å². The van der Waals surface area contributed by atoms with Crippen LogP contribution in [0.4, 0.5) is 5.69 Å². The fourth-order valence-corrected chi connectivity index (χ4v) is 2.47. The van der Waals surface area contributed by atoms with Crippen LogP contribution in [0.15, 0.2) is 41.5 Å². The first-order chi connectivity index (χ1) is 11.5. The summed E-state index contributed by atoms with van der Waals surface area (Å²) in [7, 11) is 0. The van der Waals surface area contributed by atoms with E-state index < -0.39 is 11.5 Å². The number of hydrogen-bond donors (Lipinski definition) is 2. The highest BCUT2D eigenvalue weighted by Gasteiger charge is 2.17. The van der Waals surface area contributed by atoms with Gasteiger partial charge in [-0.2, -0.15) is 10.2 Å². The van der Waals surface area contributed by atoms with Crippen molar-refractivity contribution in [3.8, 4) is 5.69 Å². The molecule has 1 amide bonds. The summed E-state index contributed by atoms with van der Waals surface area (Å²) in [6, 6.07) is 7.21. The van der Waals surface area contributed by atoms with Crippen LogP contribution in [0.2, 0.25) is 5.02 Å². The summed E-state index contributed by atoms with van der Waals surface area (Å²) < 4.78 is 1.55. The van der Waals surface area contributed by atoms with E-state index in [0.717, 1.165) is 0 Å². The van der Waals surface area contributed by atoms with Crippen LogP contribution >= 0.6 is 11.6 Å². The summed E-state index contributed by atoms with van der Waals surface area (Å²) in [5.74, 6) is -0.516. The van der Waals surface area contributed by atoms with Gasteiger partial charge in [-0.05, 0) is 31.5 Å². The summed E-state index contributed by atoms with van der Waals surface area (Å²) in [4.78, 5) is 24.3. The Morgan fingerprint density at radius 2 is 2.04 bits per heavy atom. The zero-order valence-corrected chi connectivity index (χ0v) is 13.8. The lowest BCUT2D eigenvalue weighted by Crippen LogP contribution is -2.26. The number of aromatic nitrogens is 4. The maximum atomic E-state index is 12.4. The lowest BCUT2D eigenvalue weighted by atomic mass is 10.1. The predicted octanol–water partition coefficient (Wildman–Crippen LogP) is 2.48. The Labute approximate surface area is 142 Å². The Morgan fingerprint density at radius 3 is 2.79 bits per heavy atom. The van der Waals surface area contributed by atoms with Gasteiger partial charge >= 0.3 is 0 Å². The maximum absolute atomic E-state index is 12.4. The lowest BCUT2D eigenvalue weighted by Gasteiger charge is -2.06. The number of carbonyl (C=O) groups excluding carboxylic acids is 1. The minimum atomic E-state index is -0.533. The molecule has 2 aromatic heterocycles. The van der Waals surface area contributed by atoms with Gasteiger partial charge in [-0.25, -0.2) is 9.78 Å². The molecule has 0 aliphatic heterocycles. The summed E-state index contributed by atoms with van der Waals surface area (Å²) in [5.41, 5.74) is 1.77. The molecule has 3 aromatic rings. The number of amides is 1. The SMILES string of the molecule is Cc1n[nH]c(=O)c(C(=O)Nc2cnn(-c3ccccc3Cl)c2)c1C. The van der Waals surface area contributed by atoms with Crippen LogP contribution in [-0.2, 0) is 0 Å². The summed E-state index contributed by atoms with van der Waals surface area (Å²) in [6.07, 6.45) is 3.11. The van der Waals surface area contributed by atoms with E-state index in [0.29, 0.717) is 27.7 Å². The lowest BCUT2D eigenvalue weighted by molar-refractivity contribution is 0.102. The van der Waals surface area contributed by atoms with E-state index >= 15 is 0 Å². The third kappa shape index (κ3) is 2.93. The highest BCUT2D eigenvalue weighted by atomic mass is 35.5. The second-order valence-corrected chi connectivity index (χ2v) is 5.62. The number of aryl methyl sites for hydroxylation is 1. The number of para-hydroxylation sites is 1. The fourth-order valence-electron chi connectivity index (χ4n) is 2.25. The van der Waals surface area contributed by atoms with Gasteiger partial charge in [-0.1, -0.05) is 23.7 Å².